The number of nitrogens with zero attached hydrogens (tertiary/aromatic N) is 2. The molecule has 0 radical (unpaired) electrons. The van der Waals surface area contributed by atoms with Gasteiger partial charge in [-0.15, -0.1) is 0 Å². The number of amides is 1. The van der Waals surface area contributed by atoms with Gasteiger partial charge in [-0.05, 0) is 24.3 Å². The molecule has 0 saturated heterocycles. The first-order chi connectivity index (χ1) is 8.34. The summed E-state index contributed by atoms with van der Waals surface area (Å²) in [6.45, 7) is 0. The van der Waals surface area contributed by atoms with Crippen LogP contribution < -0.4 is 16.3 Å². The highest BCUT2D eigenvalue weighted by Gasteiger charge is 2.07. The first kappa shape index (κ1) is 13.6. The fourth-order valence-corrected chi connectivity index (χ4v) is 1.49. The summed E-state index contributed by atoms with van der Waals surface area (Å²) in [4.78, 5) is 10.6. The van der Waals surface area contributed by atoms with E-state index in [1.54, 1.807) is 0 Å². The molecule has 0 fully saturated rings. The number of rotatable bonds is 4. The van der Waals surface area contributed by atoms with Crippen LogP contribution in [0.2, 0.25) is 0 Å². The molecule has 0 aliphatic carbocycles. The Morgan fingerprint density at radius 2 is 1.89 bits per heavy atom. The van der Waals surface area contributed by atoms with Crippen LogP contribution in [0.15, 0.2) is 34.3 Å². The third-order valence-corrected chi connectivity index (χ3v) is 2.75. The summed E-state index contributed by atoms with van der Waals surface area (Å²) >= 11 is 0. The second-order valence-electron chi connectivity index (χ2n) is 3.12. The largest absolute Gasteiger partial charge is 0.364 e. The average molecular weight is 267 g/mol. The highest BCUT2D eigenvalue weighted by Crippen LogP contribution is 2.12. The normalized spacial score (nSPS) is 11.7. The number of nitriles is 1. The summed E-state index contributed by atoms with van der Waals surface area (Å²) in [6, 6.07) is 6.76. The van der Waals surface area contributed by atoms with Gasteiger partial charge >= 0.3 is 0 Å². The van der Waals surface area contributed by atoms with Crippen molar-refractivity contribution < 1.29 is 13.2 Å². The van der Waals surface area contributed by atoms with Crippen molar-refractivity contribution in [3.05, 3.63) is 24.3 Å². The number of hydrogen-bond donors (Lipinski definition) is 3. The Bertz CT molecular complexity index is 627. The Labute approximate surface area is 103 Å². The van der Waals surface area contributed by atoms with Gasteiger partial charge in [-0.3, -0.25) is 10.2 Å². The molecule has 0 aliphatic heterocycles. The maximum atomic E-state index is 11.0. The zero-order valence-electron chi connectivity index (χ0n) is 8.99. The molecule has 1 aromatic carbocycles. The van der Waals surface area contributed by atoms with E-state index in [-0.39, 0.29) is 4.90 Å². The number of primary sulfonamides is 1. The summed E-state index contributed by atoms with van der Waals surface area (Å²) in [7, 11) is -3.76. The first-order valence-electron chi connectivity index (χ1n) is 4.51. The molecule has 0 atom stereocenters. The van der Waals surface area contributed by atoms with Crippen molar-refractivity contribution in [1.29, 1.82) is 5.26 Å². The monoisotopic (exact) mass is 267 g/mol. The number of carbonyl (C=O) groups is 1. The van der Waals surface area contributed by atoms with Gasteiger partial charge in [0.15, 0.2) is 0 Å². The summed E-state index contributed by atoms with van der Waals surface area (Å²) in [5.74, 6) is -0.967. The number of hydrazone groups is 1. The van der Waals surface area contributed by atoms with Crippen LogP contribution in [0.25, 0.3) is 0 Å². The number of benzene rings is 1. The summed E-state index contributed by atoms with van der Waals surface area (Å²) < 4.78 is 21.9. The average Bonchev–Trinajstić information content (AvgIpc) is 2.29. The molecule has 0 unspecified atom stereocenters. The second-order valence-corrected chi connectivity index (χ2v) is 4.68. The zero-order valence-corrected chi connectivity index (χ0v) is 9.81. The third kappa shape index (κ3) is 3.55. The molecule has 94 valence electrons. The Kier molecular flexibility index (Phi) is 3.98. The lowest BCUT2D eigenvalue weighted by molar-refractivity contribution is -0.111. The van der Waals surface area contributed by atoms with Crippen LogP contribution in [0, 0.1) is 11.3 Å². The Morgan fingerprint density at radius 3 is 2.28 bits per heavy atom. The van der Waals surface area contributed by atoms with Crippen LogP contribution in [0.3, 0.4) is 0 Å². The molecule has 18 heavy (non-hydrogen) atoms. The third-order valence-electron chi connectivity index (χ3n) is 1.82. The van der Waals surface area contributed by atoms with Crippen LogP contribution in [0.1, 0.15) is 0 Å². The number of anilines is 1. The zero-order chi connectivity index (χ0) is 13.8. The van der Waals surface area contributed by atoms with Gasteiger partial charge in [-0.1, -0.05) is 0 Å². The van der Waals surface area contributed by atoms with E-state index in [9.17, 15) is 13.2 Å². The van der Waals surface area contributed by atoms with E-state index in [0.29, 0.717) is 5.69 Å². The van der Waals surface area contributed by atoms with E-state index in [1.165, 1.54) is 30.3 Å². The molecule has 9 heteroatoms. The van der Waals surface area contributed by atoms with Gasteiger partial charge in [0.25, 0.3) is 5.91 Å². The van der Waals surface area contributed by atoms with E-state index < -0.39 is 21.6 Å². The maximum Gasteiger partial charge on any atom is 0.280 e. The SMILES string of the molecule is N#CC(=NNc1ccc(S(N)(=O)=O)cc1)C(N)=O. The fourth-order valence-electron chi connectivity index (χ4n) is 0.975. The van der Waals surface area contributed by atoms with E-state index >= 15 is 0 Å². The van der Waals surface area contributed by atoms with Crippen molar-refractivity contribution in [3.63, 3.8) is 0 Å². The molecule has 1 rings (SSSR count). The van der Waals surface area contributed by atoms with Crippen molar-refractivity contribution in [3.8, 4) is 6.07 Å². The Hall–Kier alpha value is -2.44. The van der Waals surface area contributed by atoms with Crippen molar-refractivity contribution in [2.45, 2.75) is 4.90 Å². The lowest BCUT2D eigenvalue weighted by Gasteiger charge is -2.02. The van der Waals surface area contributed by atoms with Crippen molar-refractivity contribution in [2.24, 2.45) is 16.0 Å². The van der Waals surface area contributed by atoms with E-state index in [1.807, 2.05) is 0 Å². The predicted molar refractivity (Wildman–Crippen MR) is 63.7 cm³/mol. The standard InChI is InChI=1S/C9H9N5O3S/c10-5-8(9(11)15)14-13-6-1-3-7(4-2-6)18(12,16)17/h1-4,13H,(H2,11,15)(H2,12,16,17). The van der Waals surface area contributed by atoms with Gasteiger partial charge in [0.05, 0.1) is 10.6 Å². The topological polar surface area (TPSA) is 151 Å². The van der Waals surface area contributed by atoms with Gasteiger partial charge in [-0.2, -0.15) is 10.4 Å². The highest BCUT2D eigenvalue weighted by molar-refractivity contribution is 7.89. The molecule has 5 N–H and O–H groups in total. The molecule has 0 spiro atoms. The predicted octanol–water partition coefficient (Wildman–Crippen LogP) is -0.889. The second kappa shape index (κ2) is 5.26. The maximum absolute atomic E-state index is 11.0. The molecule has 0 aliphatic rings. The number of hydrogen-bond acceptors (Lipinski definition) is 6. The minimum Gasteiger partial charge on any atom is -0.364 e. The summed E-state index contributed by atoms with van der Waals surface area (Å²) in [6.07, 6.45) is 0. The fraction of sp³-hybridized carbons (Fsp3) is 0. The lowest BCUT2D eigenvalue weighted by atomic mass is 10.3. The van der Waals surface area contributed by atoms with Crippen LogP contribution in [0.4, 0.5) is 5.69 Å². The van der Waals surface area contributed by atoms with E-state index in [2.05, 4.69) is 10.5 Å². The molecule has 0 saturated carbocycles. The number of carbonyl (C=O) groups excluding carboxylic acids is 1. The van der Waals surface area contributed by atoms with E-state index in [4.69, 9.17) is 16.1 Å². The summed E-state index contributed by atoms with van der Waals surface area (Å²) in [5.41, 5.74) is 7.13. The number of primary amides is 1. The van der Waals surface area contributed by atoms with E-state index in [0.717, 1.165) is 0 Å². The molecule has 0 aromatic heterocycles. The molecule has 1 aromatic rings. The number of nitrogens with two attached hydrogens (primary N) is 2. The van der Waals surface area contributed by atoms with Crippen LogP contribution >= 0.6 is 0 Å². The van der Waals surface area contributed by atoms with Crippen molar-refractivity contribution in [2.75, 3.05) is 5.43 Å². The van der Waals surface area contributed by atoms with Gasteiger partial charge in [0.1, 0.15) is 6.07 Å². The molecule has 8 nitrogen and oxygen atoms in total. The van der Waals surface area contributed by atoms with Gasteiger partial charge in [-0.25, -0.2) is 13.6 Å². The van der Waals surface area contributed by atoms with Gasteiger partial charge in [0, 0.05) is 0 Å². The Balaban J connectivity index is 2.89. The number of nitrogens with one attached hydrogen (secondary N) is 1. The number of sulfonamides is 1. The van der Waals surface area contributed by atoms with Crippen LogP contribution in [-0.4, -0.2) is 20.0 Å². The summed E-state index contributed by atoms with van der Waals surface area (Å²) in [5, 5.41) is 16.9. The van der Waals surface area contributed by atoms with Gasteiger partial charge in [0.2, 0.25) is 15.7 Å². The smallest absolute Gasteiger partial charge is 0.280 e. The first-order valence-corrected chi connectivity index (χ1v) is 6.05. The molecule has 0 bridgehead atoms. The van der Waals surface area contributed by atoms with Gasteiger partial charge < -0.3 is 5.73 Å². The Morgan fingerprint density at radius 1 is 1.33 bits per heavy atom. The highest BCUT2D eigenvalue weighted by atomic mass is 32.2. The molecule has 1 amide bonds. The minimum absolute atomic E-state index is 0.0626. The molecule has 0 heterocycles. The van der Waals surface area contributed by atoms with Crippen molar-refractivity contribution in [1.82, 2.24) is 0 Å². The lowest BCUT2D eigenvalue weighted by Crippen LogP contribution is -2.22. The quantitative estimate of drug-likeness (QED) is 0.477. The van der Waals surface area contributed by atoms with Crippen LogP contribution in [-0.2, 0) is 14.8 Å². The molecular weight excluding hydrogens is 258 g/mol. The van der Waals surface area contributed by atoms with Crippen molar-refractivity contribution >= 4 is 27.3 Å². The molecular formula is C9H9N5O3S. The minimum atomic E-state index is -3.76. The van der Waals surface area contributed by atoms with Crippen LogP contribution in [0.5, 0.6) is 0 Å².